The van der Waals surface area contributed by atoms with Crippen molar-refractivity contribution < 1.29 is 0 Å². The number of aryl methyl sites for hydroxylation is 1. The van der Waals surface area contributed by atoms with Gasteiger partial charge < -0.3 is 14.8 Å². The number of nitrogens with one attached hydrogen (secondary N) is 1. The molecule has 1 N–H and O–H groups in total. The molecule has 4 nitrogen and oxygen atoms in total. The first-order valence-electron chi connectivity index (χ1n) is 12.7. The standard InChI is InChI=1S/C29H36N4/c1-2-33-27(13-9-17-30-25-11-4-3-5-12-25)22-28-24(10-8-14-29(28)33)23-31-20-15-26(16-21-31)32-18-6-7-19-32/h3-5,8,10-12,14,22,26,30H,2,6-7,15-21,23H2,1H3. The van der Waals surface area contributed by atoms with Crippen molar-refractivity contribution in [3.63, 3.8) is 0 Å². The van der Waals surface area contributed by atoms with Gasteiger partial charge in [-0.2, -0.15) is 0 Å². The van der Waals surface area contributed by atoms with Gasteiger partial charge in [-0.25, -0.2) is 0 Å². The van der Waals surface area contributed by atoms with Gasteiger partial charge in [-0.1, -0.05) is 36.3 Å². The van der Waals surface area contributed by atoms with Gasteiger partial charge in [0.1, 0.15) is 0 Å². The average Bonchev–Trinajstić information content (AvgIpc) is 3.52. The molecule has 2 saturated heterocycles. The fraction of sp³-hybridized carbons (Fsp3) is 0.448. The first kappa shape index (κ1) is 22.1. The molecule has 2 aliphatic rings. The van der Waals surface area contributed by atoms with Crippen molar-refractivity contribution in [3.05, 3.63) is 65.9 Å². The summed E-state index contributed by atoms with van der Waals surface area (Å²) in [4.78, 5) is 5.39. The van der Waals surface area contributed by atoms with Crippen LogP contribution >= 0.6 is 0 Å². The van der Waals surface area contributed by atoms with Gasteiger partial charge in [-0.05, 0) is 94.5 Å². The summed E-state index contributed by atoms with van der Waals surface area (Å²) < 4.78 is 2.36. The molecule has 33 heavy (non-hydrogen) atoms. The van der Waals surface area contributed by atoms with E-state index in [0.29, 0.717) is 6.54 Å². The molecule has 0 atom stereocenters. The summed E-state index contributed by atoms with van der Waals surface area (Å²) in [6, 6.07) is 20.2. The fourth-order valence-corrected chi connectivity index (χ4v) is 5.56. The summed E-state index contributed by atoms with van der Waals surface area (Å²) in [5.41, 5.74) is 4.97. The number of piperidine rings is 1. The minimum atomic E-state index is 0.647. The Kier molecular flexibility index (Phi) is 7.00. The largest absolute Gasteiger partial charge is 0.374 e. The van der Waals surface area contributed by atoms with E-state index in [1.54, 1.807) is 0 Å². The SMILES string of the molecule is CCn1c(C#CCNc2ccccc2)cc2c(CN3CCC(N4CCCC4)CC3)cccc21. The minimum Gasteiger partial charge on any atom is -0.374 e. The Bertz CT molecular complexity index is 1110. The van der Waals surface area contributed by atoms with Crippen LogP contribution < -0.4 is 5.32 Å². The monoisotopic (exact) mass is 440 g/mol. The predicted molar refractivity (Wildman–Crippen MR) is 139 cm³/mol. The molecule has 5 rings (SSSR count). The third-order valence-corrected chi connectivity index (χ3v) is 7.33. The van der Waals surface area contributed by atoms with Crippen molar-refractivity contribution in [2.45, 2.75) is 51.7 Å². The quantitative estimate of drug-likeness (QED) is 0.534. The van der Waals surface area contributed by atoms with E-state index in [-0.39, 0.29) is 0 Å². The number of para-hydroxylation sites is 1. The molecule has 0 amide bonds. The summed E-state index contributed by atoms with van der Waals surface area (Å²) in [5, 5.41) is 4.74. The molecule has 2 fully saturated rings. The lowest BCUT2D eigenvalue weighted by Gasteiger charge is -2.36. The second kappa shape index (κ2) is 10.5. The number of likely N-dealkylation sites (tertiary alicyclic amines) is 2. The van der Waals surface area contributed by atoms with Gasteiger partial charge in [-0.3, -0.25) is 4.90 Å². The lowest BCUT2D eigenvalue weighted by atomic mass is 10.0. The Morgan fingerprint density at radius 2 is 1.73 bits per heavy atom. The van der Waals surface area contributed by atoms with E-state index < -0.39 is 0 Å². The molecule has 0 aliphatic carbocycles. The molecule has 3 aromatic rings. The van der Waals surface area contributed by atoms with Crippen LogP contribution in [0.5, 0.6) is 0 Å². The highest BCUT2D eigenvalue weighted by atomic mass is 15.2. The molecule has 172 valence electrons. The summed E-state index contributed by atoms with van der Waals surface area (Å²) >= 11 is 0. The topological polar surface area (TPSA) is 23.4 Å². The van der Waals surface area contributed by atoms with Crippen LogP contribution in [0.1, 0.15) is 43.9 Å². The van der Waals surface area contributed by atoms with Gasteiger partial charge in [0, 0.05) is 35.7 Å². The van der Waals surface area contributed by atoms with Crippen molar-refractivity contribution in [1.29, 1.82) is 0 Å². The van der Waals surface area contributed by atoms with Crippen LogP contribution in [-0.2, 0) is 13.1 Å². The summed E-state index contributed by atoms with van der Waals surface area (Å²) in [5.74, 6) is 6.74. The van der Waals surface area contributed by atoms with Gasteiger partial charge in [0.05, 0.1) is 12.2 Å². The maximum Gasteiger partial charge on any atom is 0.0931 e. The molecule has 0 unspecified atom stereocenters. The molecule has 2 aromatic carbocycles. The summed E-state index contributed by atoms with van der Waals surface area (Å²) in [6.45, 7) is 9.90. The van der Waals surface area contributed by atoms with E-state index in [1.807, 2.05) is 18.2 Å². The van der Waals surface area contributed by atoms with E-state index >= 15 is 0 Å². The van der Waals surface area contributed by atoms with E-state index in [1.165, 1.54) is 68.3 Å². The van der Waals surface area contributed by atoms with Gasteiger partial charge >= 0.3 is 0 Å². The molecule has 0 bridgehead atoms. The summed E-state index contributed by atoms with van der Waals surface area (Å²) in [7, 11) is 0. The number of hydrogen-bond acceptors (Lipinski definition) is 3. The van der Waals surface area contributed by atoms with E-state index in [9.17, 15) is 0 Å². The molecule has 1 aromatic heterocycles. The number of nitrogens with zero attached hydrogens (tertiary/aromatic N) is 3. The molecule has 2 aliphatic heterocycles. The van der Waals surface area contributed by atoms with Gasteiger partial charge in [0.2, 0.25) is 0 Å². The maximum absolute atomic E-state index is 3.42. The van der Waals surface area contributed by atoms with Crippen molar-refractivity contribution in [1.82, 2.24) is 14.4 Å². The van der Waals surface area contributed by atoms with Crippen LogP contribution in [0.15, 0.2) is 54.6 Å². The number of aromatic nitrogens is 1. The van der Waals surface area contributed by atoms with E-state index in [4.69, 9.17) is 0 Å². The first-order chi connectivity index (χ1) is 16.3. The minimum absolute atomic E-state index is 0.647. The molecular formula is C29H36N4. The number of benzene rings is 2. The van der Waals surface area contributed by atoms with Crippen LogP contribution in [0, 0.1) is 11.8 Å². The Labute approximate surface area is 198 Å². The average molecular weight is 441 g/mol. The lowest BCUT2D eigenvalue weighted by molar-refractivity contribution is 0.123. The van der Waals surface area contributed by atoms with Crippen LogP contribution in [0.2, 0.25) is 0 Å². The Morgan fingerprint density at radius 1 is 0.939 bits per heavy atom. The third kappa shape index (κ3) is 5.11. The van der Waals surface area contributed by atoms with Crippen molar-refractivity contribution in [3.8, 4) is 11.8 Å². The third-order valence-electron chi connectivity index (χ3n) is 7.33. The van der Waals surface area contributed by atoms with Crippen LogP contribution in [-0.4, -0.2) is 53.1 Å². The van der Waals surface area contributed by atoms with E-state index in [0.717, 1.165) is 30.5 Å². The van der Waals surface area contributed by atoms with Gasteiger partial charge in [-0.15, -0.1) is 0 Å². The van der Waals surface area contributed by atoms with Crippen LogP contribution in [0.25, 0.3) is 10.9 Å². The first-order valence-corrected chi connectivity index (χ1v) is 12.7. The predicted octanol–water partition coefficient (Wildman–Crippen LogP) is 5.19. The lowest BCUT2D eigenvalue weighted by Crippen LogP contribution is -2.43. The highest BCUT2D eigenvalue weighted by Gasteiger charge is 2.26. The highest BCUT2D eigenvalue weighted by Crippen LogP contribution is 2.27. The molecule has 0 radical (unpaired) electrons. The zero-order valence-electron chi connectivity index (χ0n) is 19.9. The molecule has 4 heteroatoms. The Hall–Kier alpha value is -2.74. The van der Waals surface area contributed by atoms with Gasteiger partial charge in [0.15, 0.2) is 0 Å². The van der Waals surface area contributed by atoms with Crippen LogP contribution in [0.3, 0.4) is 0 Å². The van der Waals surface area contributed by atoms with Crippen LogP contribution in [0.4, 0.5) is 5.69 Å². The maximum atomic E-state index is 3.42. The zero-order valence-corrected chi connectivity index (χ0v) is 19.9. The smallest absolute Gasteiger partial charge is 0.0931 e. The summed E-state index contributed by atoms with van der Waals surface area (Å²) in [6.07, 6.45) is 5.42. The normalized spacial score (nSPS) is 17.8. The molecule has 3 heterocycles. The zero-order chi connectivity index (χ0) is 22.5. The molecule has 0 spiro atoms. The fourth-order valence-electron chi connectivity index (χ4n) is 5.56. The number of hydrogen-bond donors (Lipinski definition) is 1. The Morgan fingerprint density at radius 3 is 2.48 bits per heavy atom. The van der Waals surface area contributed by atoms with E-state index in [2.05, 4.69) is 74.8 Å². The molecular weight excluding hydrogens is 404 g/mol. The van der Waals surface area contributed by atoms with Crippen molar-refractivity contribution in [2.75, 3.05) is 38.0 Å². The number of fused-ring (bicyclic) bond motifs is 1. The highest BCUT2D eigenvalue weighted by molar-refractivity contribution is 5.85. The van der Waals surface area contributed by atoms with Crippen molar-refractivity contribution >= 4 is 16.6 Å². The second-order valence-corrected chi connectivity index (χ2v) is 9.40. The number of anilines is 1. The Balaban J connectivity index is 1.27. The number of rotatable bonds is 6. The second-order valence-electron chi connectivity index (χ2n) is 9.40. The van der Waals surface area contributed by atoms with Gasteiger partial charge in [0.25, 0.3) is 0 Å². The van der Waals surface area contributed by atoms with Crippen molar-refractivity contribution in [2.24, 2.45) is 0 Å². The molecule has 0 saturated carbocycles.